The number of nitrogens with two attached hydrogens (primary N) is 2. The van der Waals surface area contributed by atoms with Crippen LogP contribution in [0.5, 0.6) is 5.75 Å². The first-order valence-electron chi connectivity index (χ1n) is 10.1. The normalized spacial score (nSPS) is 22.6. The predicted octanol–water partition coefficient (Wildman–Crippen LogP) is 0.406. The maximum absolute atomic E-state index is 15.3. The molecule has 1 aliphatic heterocycles. The van der Waals surface area contributed by atoms with E-state index in [0.717, 1.165) is 18.9 Å². The van der Waals surface area contributed by atoms with Gasteiger partial charge in [-0.05, 0) is 30.7 Å². The third kappa shape index (κ3) is 3.14. The van der Waals surface area contributed by atoms with Crippen LogP contribution in [0.4, 0.5) is 10.1 Å². The van der Waals surface area contributed by atoms with Crippen LogP contribution in [0.2, 0.25) is 0 Å². The number of hydrogen-bond donors (Lipinski definition) is 2. The SMILES string of the molecule is COC[C@H](N)[C@@H]1CN(c2c(F)cc3c(=O)n(N)c(=O)n(C4CC4)c3c2OC)C[C@H]1C. The molecule has 2 aliphatic rings. The Kier molecular flexibility index (Phi) is 5.23. The molecule has 1 saturated carbocycles. The van der Waals surface area contributed by atoms with Crippen LogP contribution in [0.15, 0.2) is 15.7 Å². The van der Waals surface area contributed by atoms with Crippen molar-refractivity contribution in [1.29, 1.82) is 0 Å². The van der Waals surface area contributed by atoms with Crippen molar-refractivity contribution in [1.82, 2.24) is 9.24 Å². The minimum atomic E-state index is -0.745. The highest BCUT2D eigenvalue weighted by molar-refractivity contribution is 5.91. The lowest BCUT2D eigenvalue weighted by Gasteiger charge is -2.25. The Morgan fingerprint density at radius 2 is 1.97 bits per heavy atom. The van der Waals surface area contributed by atoms with E-state index in [1.165, 1.54) is 11.7 Å². The number of halogens is 1. The van der Waals surface area contributed by atoms with E-state index < -0.39 is 17.1 Å². The zero-order valence-corrected chi connectivity index (χ0v) is 17.4. The first-order valence-corrected chi connectivity index (χ1v) is 10.1. The molecule has 1 aliphatic carbocycles. The van der Waals surface area contributed by atoms with Gasteiger partial charge in [-0.25, -0.2) is 9.18 Å². The molecule has 9 nitrogen and oxygen atoms in total. The smallest absolute Gasteiger partial charge is 0.350 e. The monoisotopic (exact) mass is 421 g/mol. The highest BCUT2D eigenvalue weighted by Gasteiger charge is 2.38. The maximum atomic E-state index is 15.3. The van der Waals surface area contributed by atoms with E-state index in [1.807, 2.05) is 4.90 Å². The number of aromatic nitrogens is 2. The first kappa shape index (κ1) is 20.7. The van der Waals surface area contributed by atoms with Crippen molar-refractivity contribution in [3.05, 3.63) is 32.7 Å². The summed E-state index contributed by atoms with van der Waals surface area (Å²) in [6.07, 6.45) is 1.58. The molecular formula is C20H28FN5O4. The van der Waals surface area contributed by atoms with E-state index in [2.05, 4.69) is 6.92 Å². The van der Waals surface area contributed by atoms with Crippen molar-refractivity contribution < 1.29 is 13.9 Å². The summed E-state index contributed by atoms with van der Waals surface area (Å²) < 4.78 is 28.1. The second-order valence-electron chi connectivity index (χ2n) is 8.36. The van der Waals surface area contributed by atoms with E-state index >= 15 is 4.39 Å². The molecule has 4 N–H and O–H groups in total. The number of ether oxygens (including phenoxy) is 2. The summed E-state index contributed by atoms with van der Waals surface area (Å²) in [5.74, 6) is 5.58. The Morgan fingerprint density at radius 3 is 2.57 bits per heavy atom. The van der Waals surface area contributed by atoms with E-state index in [4.69, 9.17) is 21.1 Å². The van der Waals surface area contributed by atoms with Crippen molar-refractivity contribution in [3.63, 3.8) is 0 Å². The fraction of sp³-hybridized carbons (Fsp3) is 0.600. The van der Waals surface area contributed by atoms with Crippen molar-refractivity contribution in [3.8, 4) is 5.75 Å². The molecule has 3 atom stereocenters. The van der Waals surface area contributed by atoms with Crippen LogP contribution in [-0.4, -0.2) is 49.2 Å². The zero-order valence-electron chi connectivity index (χ0n) is 17.4. The Bertz CT molecular complexity index is 1090. The van der Waals surface area contributed by atoms with Gasteiger partial charge in [0.05, 0.1) is 19.1 Å². The minimum Gasteiger partial charge on any atom is -0.492 e. The summed E-state index contributed by atoms with van der Waals surface area (Å²) in [4.78, 5) is 27.2. The van der Waals surface area contributed by atoms with Crippen LogP contribution in [-0.2, 0) is 4.74 Å². The number of fused-ring (bicyclic) bond motifs is 1. The molecule has 1 saturated heterocycles. The second-order valence-corrected chi connectivity index (χ2v) is 8.36. The summed E-state index contributed by atoms with van der Waals surface area (Å²) in [5.41, 5.74) is 5.44. The minimum absolute atomic E-state index is 0.0296. The lowest BCUT2D eigenvalue weighted by atomic mass is 9.91. The van der Waals surface area contributed by atoms with Gasteiger partial charge in [0.2, 0.25) is 0 Å². The van der Waals surface area contributed by atoms with Crippen molar-refractivity contribution in [2.45, 2.75) is 31.8 Å². The molecule has 4 rings (SSSR count). The van der Waals surface area contributed by atoms with Crippen LogP contribution in [0.25, 0.3) is 10.9 Å². The summed E-state index contributed by atoms with van der Waals surface area (Å²) in [5, 5.41) is 0.0296. The molecule has 2 heterocycles. The van der Waals surface area contributed by atoms with Crippen molar-refractivity contribution in [2.75, 3.05) is 44.7 Å². The molecular weight excluding hydrogens is 393 g/mol. The van der Waals surface area contributed by atoms with Gasteiger partial charge in [-0.15, -0.1) is 0 Å². The first-order chi connectivity index (χ1) is 14.3. The number of nitrogens with zero attached hydrogens (tertiary/aromatic N) is 3. The van der Waals surface area contributed by atoms with Crippen LogP contribution in [0, 0.1) is 17.7 Å². The molecule has 0 bridgehead atoms. The summed E-state index contributed by atoms with van der Waals surface area (Å²) in [7, 11) is 3.02. The van der Waals surface area contributed by atoms with E-state index in [0.29, 0.717) is 29.9 Å². The van der Waals surface area contributed by atoms with Gasteiger partial charge in [-0.2, -0.15) is 4.68 Å². The van der Waals surface area contributed by atoms with E-state index in [-0.39, 0.29) is 40.7 Å². The molecule has 2 aromatic rings. The van der Waals surface area contributed by atoms with Crippen molar-refractivity contribution >= 4 is 16.6 Å². The van der Waals surface area contributed by atoms with E-state index in [9.17, 15) is 9.59 Å². The lowest BCUT2D eigenvalue weighted by molar-refractivity contribution is 0.152. The van der Waals surface area contributed by atoms with Crippen LogP contribution < -0.4 is 32.5 Å². The van der Waals surface area contributed by atoms with Crippen LogP contribution >= 0.6 is 0 Å². The number of nitrogen functional groups attached to an aromatic ring is 1. The molecule has 10 heteroatoms. The highest BCUT2D eigenvalue weighted by Crippen LogP contribution is 2.44. The van der Waals surface area contributed by atoms with E-state index in [1.54, 1.807) is 7.11 Å². The third-order valence-electron chi connectivity index (χ3n) is 6.30. The molecule has 0 radical (unpaired) electrons. The van der Waals surface area contributed by atoms with Gasteiger partial charge in [-0.3, -0.25) is 9.36 Å². The number of rotatable bonds is 6. The Hall–Kier alpha value is -2.59. The van der Waals surface area contributed by atoms with Gasteiger partial charge in [0.15, 0.2) is 11.6 Å². The Labute approximate surface area is 172 Å². The fourth-order valence-corrected chi connectivity index (χ4v) is 4.64. The summed E-state index contributed by atoms with van der Waals surface area (Å²) in [6, 6.07) is 0.895. The standard InChI is InChI=1S/C20H28FN5O4/c1-10-7-24(8-13(10)15(22)9-29-2)17-14(21)6-12-16(18(17)30-3)25(11-4-5-11)20(28)26(23)19(12)27/h6,10-11,13,15H,4-5,7-9,22-23H2,1-3H3/t10-,13-,15+/m1/s1. The molecule has 0 amide bonds. The predicted molar refractivity (Wildman–Crippen MR) is 112 cm³/mol. The molecule has 0 spiro atoms. The quantitative estimate of drug-likeness (QED) is 0.649. The number of benzene rings is 1. The van der Waals surface area contributed by atoms with Gasteiger partial charge in [0.1, 0.15) is 11.2 Å². The zero-order chi connectivity index (χ0) is 21.7. The molecule has 1 aromatic carbocycles. The third-order valence-corrected chi connectivity index (χ3v) is 6.30. The second kappa shape index (κ2) is 7.59. The highest BCUT2D eigenvalue weighted by atomic mass is 19.1. The average Bonchev–Trinajstić information content (AvgIpc) is 3.47. The van der Waals surface area contributed by atoms with Gasteiger partial charge >= 0.3 is 5.69 Å². The summed E-state index contributed by atoms with van der Waals surface area (Å²) in [6.45, 7) is 3.57. The average molecular weight is 421 g/mol. The topological polar surface area (TPSA) is 118 Å². The molecule has 164 valence electrons. The van der Waals surface area contributed by atoms with Gasteiger partial charge < -0.3 is 25.9 Å². The van der Waals surface area contributed by atoms with Gasteiger partial charge in [-0.1, -0.05) is 6.92 Å². The largest absolute Gasteiger partial charge is 0.492 e. The van der Waals surface area contributed by atoms with Crippen LogP contribution in [0.1, 0.15) is 25.8 Å². The number of hydrogen-bond acceptors (Lipinski definition) is 7. The lowest BCUT2D eigenvalue weighted by Crippen LogP contribution is -2.44. The molecule has 2 fully saturated rings. The van der Waals surface area contributed by atoms with Crippen molar-refractivity contribution in [2.24, 2.45) is 17.6 Å². The number of anilines is 1. The Balaban J connectivity index is 1.91. The fourth-order valence-electron chi connectivity index (χ4n) is 4.64. The van der Waals surface area contributed by atoms with Gasteiger partial charge in [0, 0.05) is 32.3 Å². The molecule has 30 heavy (non-hydrogen) atoms. The number of methoxy groups -OCH3 is 2. The van der Waals surface area contributed by atoms with Crippen LogP contribution in [0.3, 0.4) is 0 Å². The molecule has 1 aromatic heterocycles. The van der Waals surface area contributed by atoms with Gasteiger partial charge in [0.25, 0.3) is 5.56 Å². The Morgan fingerprint density at radius 1 is 1.27 bits per heavy atom. The maximum Gasteiger partial charge on any atom is 0.350 e. The summed E-state index contributed by atoms with van der Waals surface area (Å²) >= 11 is 0. The molecule has 0 unspecified atom stereocenters.